The number of hydrogen-bond acceptors (Lipinski definition) is 7. The zero-order valence-corrected chi connectivity index (χ0v) is 17.9. The molecule has 1 heterocycles. The van der Waals surface area contributed by atoms with Crippen LogP contribution < -0.4 is 4.74 Å². The summed E-state index contributed by atoms with van der Waals surface area (Å²) < 4.78 is 11.3. The smallest absolute Gasteiger partial charge is 0.230 e. The van der Waals surface area contributed by atoms with Crippen molar-refractivity contribution in [2.75, 3.05) is 27.2 Å². The van der Waals surface area contributed by atoms with E-state index in [1.165, 1.54) is 32.1 Å². The van der Waals surface area contributed by atoms with Gasteiger partial charge in [0, 0.05) is 26.1 Å². The second-order valence-electron chi connectivity index (χ2n) is 8.23. The van der Waals surface area contributed by atoms with E-state index in [4.69, 9.17) is 9.15 Å². The first-order valence-electron chi connectivity index (χ1n) is 10.6. The minimum Gasteiger partial charge on any atom is -0.491 e. The van der Waals surface area contributed by atoms with Gasteiger partial charge in [-0.05, 0) is 44.6 Å². The van der Waals surface area contributed by atoms with Crippen molar-refractivity contribution in [3.63, 3.8) is 0 Å². The fraction of sp³-hybridized carbons (Fsp3) is 0.636. The molecule has 1 atom stereocenters. The minimum atomic E-state index is -0.492. The third-order valence-electron chi connectivity index (χ3n) is 5.46. The van der Waals surface area contributed by atoms with Crippen molar-refractivity contribution in [2.45, 2.75) is 64.3 Å². The molecule has 7 heteroatoms. The number of ether oxygens (including phenoxy) is 1. The van der Waals surface area contributed by atoms with Gasteiger partial charge in [0.1, 0.15) is 18.5 Å². The molecular formula is C22H34N4O3. The van der Waals surface area contributed by atoms with Crippen molar-refractivity contribution in [3.05, 3.63) is 41.6 Å². The van der Waals surface area contributed by atoms with Crippen molar-refractivity contribution < 1.29 is 14.3 Å². The molecule has 0 aliphatic heterocycles. The largest absolute Gasteiger partial charge is 0.491 e. The normalized spacial score (nSPS) is 16.5. The number of nitrogens with zero attached hydrogens (tertiary/aromatic N) is 4. The van der Waals surface area contributed by atoms with Gasteiger partial charge in [-0.2, -0.15) is 0 Å². The van der Waals surface area contributed by atoms with Crippen molar-refractivity contribution in [1.82, 2.24) is 20.0 Å². The number of hydrogen-bond donors (Lipinski definition) is 1. The molecule has 1 aromatic carbocycles. The quantitative estimate of drug-likeness (QED) is 0.655. The first-order valence-corrected chi connectivity index (χ1v) is 10.6. The first-order chi connectivity index (χ1) is 14.0. The van der Waals surface area contributed by atoms with E-state index < -0.39 is 6.10 Å². The molecule has 2 aromatic rings. The first kappa shape index (κ1) is 21.7. The van der Waals surface area contributed by atoms with Crippen LogP contribution in [0.4, 0.5) is 0 Å². The number of rotatable bonds is 10. The maximum atomic E-state index is 10.4. The average Bonchev–Trinajstić information content (AvgIpc) is 3.11. The van der Waals surface area contributed by atoms with Gasteiger partial charge in [0.2, 0.25) is 11.8 Å². The molecule has 1 N–H and O–H groups in total. The van der Waals surface area contributed by atoms with Gasteiger partial charge < -0.3 is 19.2 Å². The predicted molar refractivity (Wildman–Crippen MR) is 112 cm³/mol. The second-order valence-corrected chi connectivity index (χ2v) is 8.23. The summed E-state index contributed by atoms with van der Waals surface area (Å²) in [4.78, 5) is 4.40. The van der Waals surface area contributed by atoms with E-state index in [1.54, 1.807) is 6.92 Å². The van der Waals surface area contributed by atoms with Gasteiger partial charge in [-0.15, -0.1) is 10.2 Å². The monoisotopic (exact) mass is 402 g/mol. The Kier molecular flexibility index (Phi) is 8.03. The highest BCUT2D eigenvalue weighted by molar-refractivity contribution is 5.28. The molecule has 1 fully saturated rings. The fourth-order valence-electron chi connectivity index (χ4n) is 3.98. The van der Waals surface area contributed by atoms with E-state index in [0.717, 1.165) is 17.9 Å². The second kappa shape index (κ2) is 10.7. The van der Waals surface area contributed by atoms with Crippen molar-refractivity contribution >= 4 is 0 Å². The minimum absolute atomic E-state index is 0.303. The Balaban J connectivity index is 1.43. The zero-order chi connectivity index (χ0) is 20.6. The molecule has 0 saturated heterocycles. The van der Waals surface area contributed by atoms with E-state index in [2.05, 4.69) is 33.1 Å². The lowest BCUT2D eigenvalue weighted by Gasteiger charge is -2.32. The molecule has 1 saturated carbocycles. The summed E-state index contributed by atoms with van der Waals surface area (Å²) in [6.45, 7) is 4.08. The Hall–Kier alpha value is -1.96. The number of benzene rings is 1. The van der Waals surface area contributed by atoms with Crippen LogP contribution in [0.2, 0.25) is 0 Å². The molecule has 1 aromatic heterocycles. The van der Waals surface area contributed by atoms with Crippen LogP contribution in [-0.2, 0) is 13.1 Å². The summed E-state index contributed by atoms with van der Waals surface area (Å²) in [5.74, 6) is 1.98. The molecule has 0 amide bonds. The van der Waals surface area contributed by atoms with Crippen LogP contribution in [0.15, 0.2) is 28.7 Å². The van der Waals surface area contributed by atoms with E-state index in [9.17, 15) is 5.11 Å². The lowest BCUT2D eigenvalue weighted by Crippen LogP contribution is -2.40. The third-order valence-corrected chi connectivity index (χ3v) is 5.46. The van der Waals surface area contributed by atoms with Gasteiger partial charge in [-0.25, -0.2) is 0 Å². The molecule has 3 rings (SSSR count). The molecule has 0 unspecified atom stereocenters. The lowest BCUT2D eigenvalue weighted by molar-refractivity contribution is 0.0561. The average molecular weight is 403 g/mol. The van der Waals surface area contributed by atoms with E-state index in [-0.39, 0.29) is 0 Å². The van der Waals surface area contributed by atoms with Crippen LogP contribution in [0.3, 0.4) is 0 Å². The summed E-state index contributed by atoms with van der Waals surface area (Å²) in [6, 6.07) is 8.60. The molecule has 0 spiro atoms. The van der Waals surface area contributed by atoms with Crippen LogP contribution in [0, 0.1) is 6.92 Å². The van der Waals surface area contributed by atoms with Gasteiger partial charge in [0.25, 0.3) is 0 Å². The van der Waals surface area contributed by atoms with Crippen molar-refractivity contribution in [2.24, 2.45) is 0 Å². The van der Waals surface area contributed by atoms with Crippen LogP contribution in [0.5, 0.6) is 5.75 Å². The third kappa shape index (κ3) is 7.10. The van der Waals surface area contributed by atoms with Crippen LogP contribution in [-0.4, -0.2) is 64.5 Å². The van der Waals surface area contributed by atoms with E-state index in [1.807, 2.05) is 25.2 Å². The topological polar surface area (TPSA) is 74.9 Å². The van der Waals surface area contributed by atoms with Gasteiger partial charge in [-0.1, -0.05) is 31.4 Å². The van der Waals surface area contributed by atoms with E-state index >= 15 is 0 Å². The number of aryl methyl sites for hydroxylation is 1. The van der Waals surface area contributed by atoms with Crippen LogP contribution in [0.1, 0.15) is 49.4 Å². The molecule has 1 aliphatic carbocycles. The molecule has 0 radical (unpaired) electrons. The maximum absolute atomic E-state index is 10.4. The summed E-state index contributed by atoms with van der Waals surface area (Å²) in [6.07, 6.45) is 5.93. The zero-order valence-electron chi connectivity index (χ0n) is 17.9. The van der Waals surface area contributed by atoms with Gasteiger partial charge in [0.15, 0.2) is 0 Å². The highest BCUT2D eigenvalue weighted by Gasteiger charge is 2.20. The SMILES string of the molecule is Cc1nnc(CN(C)Cc2cccc(OC[C@@H](O)CN(C)C3CCCCC3)c2)o1. The Morgan fingerprint density at radius 2 is 1.97 bits per heavy atom. The molecule has 160 valence electrons. The highest BCUT2D eigenvalue weighted by Crippen LogP contribution is 2.22. The van der Waals surface area contributed by atoms with E-state index in [0.29, 0.717) is 37.5 Å². The number of likely N-dealkylation sites (N-methyl/N-ethyl adjacent to an activating group) is 1. The van der Waals surface area contributed by atoms with Crippen molar-refractivity contribution in [1.29, 1.82) is 0 Å². The Labute approximate surface area is 173 Å². The lowest BCUT2D eigenvalue weighted by atomic mass is 9.94. The molecule has 0 bridgehead atoms. The summed E-state index contributed by atoms with van der Waals surface area (Å²) >= 11 is 0. The van der Waals surface area contributed by atoms with Gasteiger partial charge in [-0.3, -0.25) is 4.90 Å². The number of aliphatic hydroxyl groups is 1. The standard InChI is InChI=1S/C22H34N4O3/c1-17-23-24-22(29-17)15-25(2)13-18-8-7-11-21(12-18)28-16-20(27)14-26(3)19-9-5-4-6-10-19/h7-8,11-12,19-20,27H,4-6,9-10,13-16H2,1-3H3/t20-/m0/s1. The van der Waals surface area contributed by atoms with Gasteiger partial charge >= 0.3 is 0 Å². The Bertz CT molecular complexity index is 745. The number of aliphatic hydroxyl groups excluding tert-OH is 1. The summed E-state index contributed by atoms with van der Waals surface area (Å²) in [5.41, 5.74) is 1.13. The maximum Gasteiger partial charge on any atom is 0.230 e. The molecule has 29 heavy (non-hydrogen) atoms. The fourth-order valence-corrected chi connectivity index (χ4v) is 3.98. The van der Waals surface area contributed by atoms with Crippen molar-refractivity contribution in [3.8, 4) is 5.75 Å². The van der Waals surface area contributed by atoms with Crippen LogP contribution in [0.25, 0.3) is 0 Å². The molecule has 1 aliphatic rings. The van der Waals surface area contributed by atoms with Gasteiger partial charge in [0.05, 0.1) is 6.54 Å². The Morgan fingerprint density at radius 1 is 1.17 bits per heavy atom. The number of aromatic nitrogens is 2. The predicted octanol–water partition coefficient (Wildman–Crippen LogP) is 3.01. The highest BCUT2D eigenvalue weighted by atomic mass is 16.5. The van der Waals surface area contributed by atoms with Crippen LogP contribution >= 0.6 is 0 Å². The summed E-state index contributed by atoms with van der Waals surface area (Å²) in [5, 5.41) is 18.3. The molecule has 7 nitrogen and oxygen atoms in total. The molecular weight excluding hydrogens is 368 g/mol. The Morgan fingerprint density at radius 3 is 2.69 bits per heavy atom. The summed E-state index contributed by atoms with van der Waals surface area (Å²) in [7, 11) is 4.12.